The number of carbonyl (C=O) groups is 1. The van der Waals surface area contributed by atoms with E-state index >= 15 is 0 Å². The third kappa shape index (κ3) is 4.21. The smallest absolute Gasteiger partial charge is 0.248 e. The van der Waals surface area contributed by atoms with Crippen LogP contribution < -0.4 is 11.1 Å². The average Bonchev–Trinajstić information content (AvgIpc) is 2.44. The van der Waals surface area contributed by atoms with Gasteiger partial charge in [-0.05, 0) is 35.9 Å². The first-order chi connectivity index (χ1) is 9.95. The van der Waals surface area contributed by atoms with Gasteiger partial charge in [0.05, 0.1) is 10.0 Å². The summed E-state index contributed by atoms with van der Waals surface area (Å²) in [6.45, 7) is 0. The molecule has 3 nitrogen and oxygen atoms in total. The van der Waals surface area contributed by atoms with Gasteiger partial charge in [0.1, 0.15) is 0 Å². The van der Waals surface area contributed by atoms with Gasteiger partial charge in [-0.25, -0.2) is 4.39 Å². The summed E-state index contributed by atoms with van der Waals surface area (Å²) >= 11 is 11.3. The second-order valence-electron chi connectivity index (χ2n) is 4.24. The molecule has 1 amide bonds. The maximum atomic E-state index is 13.2. The summed E-state index contributed by atoms with van der Waals surface area (Å²) in [7, 11) is 0. The van der Waals surface area contributed by atoms with E-state index in [1.807, 2.05) is 0 Å². The van der Waals surface area contributed by atoms with E-state index in [4.69, 9.17) is 28.9 Å². The van der Waals surface area contributed by atoms with Crippen LogP contribution in [-0.2, 0) is 4.79 Å². The highest BCUT2D eigenvalue weighted by Crippen LogP contribution is 2.27. The van der Waals surface area contributed by atoms with Crippen LogP contribution in [0.5, 0.6) is 0 Å². The molecule has 0 aliphatic carbocycles. The number of halogens is 3. The van der Waals surface area contributed by atoms with Crippen molar-refractivity contribution in [2.24, 2.45) is 0 Å². The molecule has 21 heavy (non-hydrogen) atoms. The predicted molar refractivity (Wildman–Crippen MR) is 84.9 cm³/mol. The number of rotatable bonds is 3. The molecular weight excluding hydrogens is 314 g/mol. The van der Waals surface area contributed by atoms with Crippen LogP contribution >= 0.6 is 23.2 Å². The fourth-order valence-electron chi connectivity index (χ4n) is 1.59. The number of carbonyl (C=O) groups excluding carboxylic acids is 1. The van der Waals surface area contributed by atoms with E-state index in [1.165, 1.54) is 18.2 Å². The number of anilines is 2. The molecule has 0 aromatic heterocycles. The van der Waals surface area contributed by atoms with Gasteiger partial charge in [0.15, 0.2) is 5.82 Å². The van der Waals surface area contributed by atoms with Crippen LogP contribution in [0.4, 0.5) is 15.8 Å². The molecule has 0 atom stereocenters. The van der Waals surface area contributed by atoms with Crippen LogP contribution in [0.25, 0.3) is 6.08 Å². The van der Waals surface area contributed by atoms with Gasteiger partial charge < -0.3 is 11.1 Å². The molecule has 0 bridgehead atoms. The molecule has 108 valence electrons. The summed E-state index contributed by atoms with van der Waals surface area (Å²) in [6, 6.07) is 9.61. The molecule has 0 saturated heterocycles. The summed E-state index contributed by atoms with van der Waals surface area (Å²) in [5.74, 6) is -1.10. The summed E-state index contributed by atoms with van der Waals surface area (Å²) in [5, 5.41) is 2.24. The first kappa shape index (κ1) is 15.4. The third-order valence-corrected chi connectivity index (χ3v) is 3.17. The van der Waals surface area contributed by atoms with Crippen molar-refractivity contribution in [3.63, 3.8) is 0 Å². The largest absolute Gasteiger partial charge is 0.399 e. The lowest BCUT2D eigenvalue weighted by atomic mass is 10.2. The van der Waals surface area contributed by atoms with E-state index in [1.54, 1.807) is 30.3 Å². The number of benzene rings is 2. The van der Waals surface area contributed by atoms with Gasteiger partial charge in [0, 0.05) is 17.5 Å². The summed E-state index contributed by atoms with van der Waals surface area (Å²) in [4.78, 5) is 11.8. The van der Waals surface area contributed by atoms with Gasteiger partial charge in [-0.3, -0.25) is 4.79 Å². The van der Waals surface area contributed by atoms with E-state index in [9.17, 15) is 9.18 Å². The van der Waals surface area contributed by atoms with Crippen molar-refractivity contribution in [1.29, 1.82) is 0 Å². The Labute approximate surface area is 131 Å². The van der Waals surface area contributed by atoms with Gasteiger partial charge in [-0.15, -0.1) is 0 Å². The maximum Gasteiger partial charge on any atom is 0.248 e. The van der Waals surface area contributed by atoms with Crippen molar-refractivity contribution < 1.29 is 9.18 Å². The molecule has 2 aromatic rings. The molecule has 0 aliphatic rings. The summed E-state index contributed by atoms with van der Waals surface area (Å²) in [5.41, 5.74) is 7.36. The standard InChI is InChI=1S/C15H11Cl2FN2O/c16-12-7-11(8-13(17)15(12)18)20-14(21)6-3-9-1-4-10(19)5-2-9/h1-8H,19H2,(H,20,21)/b6-3+. The number of nitrogen functional groups attached to an aromatic ring is 1. The lowest BCUT2D eigenvalue weighted by Crippen LogP contribution is -2.07. The summed E-state index contributed by atoms with van der Waals surface area (Å²) < 4.78 is 13.2. The van der Waals surface area contributed by atoms with Gasteiger partial charge in [-0.1, -0.05) is 35.3 Å². The van der Waals surface area contributed by atoms with Crippen LogP contribution in [0, 0.1) is 5.82 Å². The molecule has 2 aromatic carbocycles. The topological polar surface area (TPSA) is 55.1 Å². The van der Waals surface area contributed by atoms with E-state index in [0.717, 1.165) is 5.56 Å². The zero-order valence-corrected chi connectivity index (χ0v) is 12.3. The summed E-state index contributed by atoms with van der Waals surface area (Å²) in [6.07, 6.45) is 2.97. The van der Waals surface area contributed by atoms with Crippen LogP contribution in [0.2, 0.25) is 10.0 Å². The molecular formula is C15H11Cl2FN2O. The van der Waals surface area contributed by atoms with E-state index in [-0.39, 0.29) is 16.0 Å². The van der Waals surface area contributed by atoms with E-state index < -0.39 is 5.82 Å². The monoisotopic (exact) mass is 324 g/mol. The third-order valence-electron chi connectivity index (χ3n) is 2.61. The Kier molecular flexibility index (Phi) is 4.83. The molecule has 0 aliphatic heterocycles. The van der Waals surface area contributed by atoms with Gasteiger partial charge >= 0.3 is 0 Å². The number of nitrogens with one attached hydrogen (secondary N) is 1. The fraction of sp³-hybridized carbons (Fsp3) is 0. The predicted octanol–water partition coefficient (Wildman–Crippen LogP) is 4.37. The lowest BCUT2D eigenvalue weighted by molar-refractivity contribution is -0.111. The fourth-order valence-corrected chi connectivity index (χ4v) is 2.08. The Morgan fingerprint density at radius 1 is 1.14 bits per heavy atom. The van der Waals surface area contributed by atoms with Crippen LogP contribution in [0.1, 0.15) is 5.56 Å². The molecule has 0 spiro atoms. The van der Waals surface area contributed by atoms with Gasteiger partial charge in [0.2, 0.25) is 5.91 Å². The highest BCUT2D eigenvalue weighted by Gasteiger charge is 2.08. The first-order valence-electron chi connectivity index (χ1n) is 5.95. The Bertz CT molecular complexity index is 676. The zero-order chi connectivity index (χ0) is 15.4. The van der Waals surface area contributed by atoms with Crippen molar-refractivity contribution in [2.45, 2.75) is 0 Å². The Morgan fingerprint density at radius 2 is 1.71 bits per heavy atom. The zero-order valence-electron chi connectivity index (χ0n) is 10.7. The van der Waals surface area contributed by atoms with Gasteiger partial charge in [0.25, 0.3) is 0 Å². The van der Waals surface area contributed by atoms with Crippen molar-refractivity contribution in [3.8, 4) is 0 Å². The number of amides is 1. The number of nitrogens with two attached hydrogens (primary N) is 1. The SMILES string of the molecule is Nc1ccc(/C=C/C(=O)Nc2cc(Cl)c(F)c(Cl)c2)cc1. The number of hydrogen-bond donors (Lipinski definition) is 2. The highest BCUT2D eigenvalue weighted by atomic mass is 35.5. The second kappa shape index (κ2) is 6.61. The molecule has 3 N–H and O–H groups in total. The van der Waals surface area contributed by atoms with Crippen LogP contribution in [-0.4, -0.2) is 5.91 Å². The lowest BCUT2D eigenvalue weighted by Gasteiger charge is -2.05. The molecule has 2 rings (SSSR count). The second-order valence-corrected chi connectivity index (χ2v) is 5.06. The Balaban J connectivity index is 2.06. The first-order valence-corrected chi connectivity index (χ1v) is 6.70. The van der Waals surface area contributed by atoms with Crippen molar-refractivity contribution in [1.82, 2.24) is 0 Å². The molecule has 0 saturated carbocycles. The van der Waals surface area contributed by atoms with Crippen molar-refractivity contribution in [3.05, 3.63) is 63.9 Å². The van der Waals surface area contributed by atoms with Gasteiger partial charge in [-0.2, -0.15) is 0 Å². The quantitative estimate of drug-likeness (QED) is 0.500. The van der Waals surface area contributed by atoms with Crippen LogP contribution in [0.3, 0.4) is 0 Å². The molecule has 0 fully saturated rings. The molecule has 6 heteroatoms. The number of hydrogen-bond acceptors (Lipinski definition) is 2. The minimum Gasteiger partial charge on any atom is -0.399 e. The molecule has 0 heterocycles. The average molecular weight is 325 g/mol. The Hall–Kier alpha value is -2.04. The van der Waals surface area contributed by atoms with E-state index in [0.29, 0.717) is 11.4 Å². The molecule has 0 radical (unpaired) electrons. The minimum atomic E-state index is -0.714. The van der Waals surface area contributed by atoms with Crippen LogP contribution in [0.15, 0.2) is 42.5 Å². The molecule has 0 unspecified atom stereocenters. The van der Waals surface area contributed by atoms with Crippen molar-refractivity contribution >= 4 is 46.6 Å². The van der Waals surface area contributed by atoms with E-state index in [2.05, 4.69) is 5.32 Å². The highest BCUT2D eigenvalue weighted by molar-refractivity contribution is 6.35. The minimum absolute atomic E-state index is 0.152. The normalized spacial score (nSPS) is 10.8. The maximum absolute atomic E-state index is 13.2. The Morgan fingerprint density at radius 3 is 2.29 bits per heavy atom. The van der Waals surface area contributed by atoms with Crippen molar-refractivity contribution in [2.75, 3.05) is 11.1 Å².